The number of aromatic nitrogens is 1. The molecule has 0 spiro atoms. The quantitative estimate of drug-likeness (QED) is 0.0817. The van der Waals surface area contributed by atoms with Crippen molar-refractivity contribution in [2.24, 2.45) is 41.4 Å². The lowest BCUT2D eigenvalue weighted by molar-refractivity contribution is -0.160. The fourth-order valence-electron chi connectivity index (χ4n) is 11.9. The number of carbonyl (C=O) groups is 12. The largest absolute Gasteiger partial charge is 0.458 e. The molecule has 1 aromatic heterocycles. The van der Waals surface area contributed by atoms with Crippen LogP contribution in [0.2, 0.25) is 0 Å². The zero-order chi connectivity index (χ0) is 74.1. The number of para-hydroxylation sites is 1. The summed E-state index contributed by atoms with van der Waals surface area (Å²) in [6, 6.07) is 0.717. The number of aliphatic hydroxyl groups excluding tert-OH is 1. The van der Waals surface area contributed by atoms with Crippen molar-refractivity contribution in [3.8, 4) is 0 Å². The summed E-state index contributed by atoms with van der Waals surface area (Å²) in [5.74, 6) is -13.7. The van der Waals surface area contributed by atoms with Gasteiger partial charge in [-0.05, 0) is 85.9 Å². The average molecular weight is 1370 g/mol. The highest BCUT2D eigenvalue weighted by molar-refractivity contribution is 6.00. The van der Waals surface area contributed by atoms with Crippen LogP contribution in [-0.4, -0.2) is 221 Å². The molecule has 2 aromatic carbocycles. The Bertz CT molecular complexity index is 3260. The van der Waals surface area contributed by atoms with Gasteiger partial charge in [0.25, 0.3) is 0 Å². The van der Waals surface area contributed by atoms with E-state index in [0.717, 1.165) is 32.7 Å². The molecule has 1 saturated heterocycles. The molecule has 1 fully saturated rings. The lowest BCUT2D eigenvalue weighted by Gasteiger charge is -2.37. The summed E-state index contributed by atoms with van der Waals surface area (Å²) in [7, 11) is 6.90. The maximum atomic E-state index is 15.3. The van der Waals surface area contributed by atoms with E-state index in [2.05, 4.69) is 47.5 Å². The third-order valence-corrected chi connectivity index (χ3v) is 18.0. The van der Waals surface area contributed by atoms with Crippen LogP contribution in [0.25, 0.3) is 10.9 Å². The fourth-order valence-corrected chi connectivity index (χ4v) is 11.9. The number of ether oxygens (including phenoxy) is 1. The number of aliphatic hydroxyl groups is 1. The van der Waals surface area contributed by atoms with Gasteiger partial charge in [0.05, 0.1) is 18.7 Å². The molecular weight excluding hydrogens is 1260 g/mol. The number of carbonyl (C=O) groups excluding carboxylic acids is 12. The van der Waals surface area contributed by atoms with Crippen molar-refractivity contribution >= 4 is 81.9 Å². The van der Waals surface area contributed by atoms with Crippen LogP contribution < -0.4 is 42.5 Å². The van der Waals surface area contributed by atoms with Gasteiger partial charge in [-0.25, -0.2) is 4.79 Å². The summed E-state index contributed by atoms with van der Waals surface area (Å²) >= 11 is 0. The van der Waals surface area contributed by atoms with Crippen LogP contribution >= 0.6 is 0 Å². The summed E-state index contributed by atoms with van der Waals surface area (Å²) in [5, 5.41) is 34.6. The minimum Gasteiger partial charge on any atom is -0.458 e. The summed E-state index contributed by atoms with van der Waals surface area (Å²) in [4.78, 5) is 185. The van der Waals surface area contributed by atoms with Crippen molar-refractivity contribution in [1.82, 2.24) is 67.1 Å². The van der Waals surface area contributed by atoms with E-state index in [-0.39, 0.29) is 31.1 Å². The standard InChI is InChI=1S/C71H111N13O14/c1-36(2)31-50-62(88)77-56(40(9)10)68(94)81(18)35-52(86)82(19)51(33-46-34-73-48-30-26-25-29-47(46)48)63(89)75-54(38(5)6)65(91)74-49(32-45-27-23-22-24-28-45)61(87)79-58(42(13)14)71(97)98-44(16)59(80-66(92)55(39(7)8)76-64(90)53(72-17)37(3)4)70(96)84(21)60(43(15)85)67(93)78-57(41(11)12)69(95)83(50)20/h22-30,34,36-44,49-51,53-60,72-73,85H,31-33,35H2,1-21H3,(H,74,91)(H,75,89)(H,76,90)(H,77,88)(H,78,93)(H,79,87)(H,80,92)/t43-,44-,49+,50+,51+,53+,54+,55+,56+,57+,58+,59+,60+/m1/s1. The number of fused-ring (bicyclic) bond motifs is 1. The number of benzene rings is 2. The predicted molar refractivity (Wildman–Crippen MR) is 372 cm³/mol. The molecule has 1 aliphatic heterocycles. The van der Waals surface area contributed by atoms with Crippen molar-refractivity contribution in [3.63, 3.8) is 0 Å². The van der Waals surface area contributed by atoms with Crippen molar-refractivity contribution in [2.75, 3.05) is 41.8 Å². The van der Waals surface area contributed by atoms with Crippen molar-refractivity contribution in [3.05, 3.63) is 71.9 Å². The molecule has 4 rings (SSSR count). The van der Waals surface area contributed by atoms with Crippen molar-refractivity contribution < 1.29 is 67.4 Å². The number of hydrogen-bond donors (Lipinski definition) is 10. The van der Waals surface area contributed by atoms with Crippen LogP contribution in [0, 0.1) is 41.4 Å². The van der Waals surface area contributed by atoms with Gasteiger partial charge in [0.15, 0.2) is 0 Å². The van der Waals surface area contributed by atoms with Crippen LogP contribution in [0.3, 0.4) is 0 Å². The number of H-pyrrole nitrogens is 1. The van der Waals surface area contributed by atoms with E-state index in [4.69, 9.17) is 4.74 Å². The monoisotopic (exact) mass is 1370 g/mol. The molecule has 98 heavy (non-hydrogen) atoms. The Balaban J connectivity index is 1.98. The van der Waals surface area contributed by atoms with Gasteiger partial charge in [0.2, 0.25) is 65.0 Å². The maximum absolute atomic E-state index is 15.3. The first-order valence-electron chi connectivity index (χ1n) is 34.1. The number of amides is 11. The minimum absolute atomic E-state index is 0.0707. The molecule has 10 N–H and O–H groups in total. The van der Waals surface area contributed by atoms with E-state index in [1.165, 1.54) is 39.9 Å². The van der Waals surface area contributed by atoms with Crippen molar-refractivity contribution in [2.45, 2.75) is 209 Å². The van der Waals surface area contributed by atoms with Gasteiger partial charge in [0, 0.05) is 58.1 Å². The van der Waals surface area contributed by atoms with E-state index in [0.29, 0.717) is 11.1 Å². The van der Waals surface area contributed by atoms with Gasteiger partial charge >= 0.3 is 5.97 Å². The first-order chi connectivity index (χ1) is 45.7. The third-order valence-electron chi connectivity index (χ3n) is 18.0. The van der Waals surface area contributed by atoms with Crippen LogP contribution in [0.15, 0.2) is 60.8 Å². The summed E-state index contributed by atoms with van der Waals surface area (Å²) in [6.45, 7) is 25.7. The summed E-state index contributed by atoms with van der Waals surface area (Å²) in [6.07, 6.45) is -1.76. The molecule has 1 aliphatic rings. The number of likely N-dealkylation sites (N-methyl/N-ethyl adjacent to an activating group) is 5. The predicted octanol–water partition coefficient (Wildman–Crippen LogP) is 2.18. The van der Waals surface area contributed by atoms with E-state index < -0.39 is 186 Å². The van der Waals surface area contributed by atoms with Crippen LogP contribution in [0.4, 0.5) is 0 Å². The maximum Gasteiger partial charge on any atom is 0.329 e. The summed E-state index contributed by atoms with van der Waals surface area (Å²) in [5.41, 5.74) is 1.99. The van der Waals surface area contributed by atoms with Gasteiger partial charge in [-0.3, -0.25) is 52.7 Å². The second kappa shape index (κ2) is 36.9. The van der Waals surface area contributed by atoms with E-state index >= 15 is 9.59 Å². The number of nitrogens with one attached hydrogen (secondary N) is 9. The highest BCUT2D eigenvalue weighted by atomic mass is 16.5. The smallest absolute Gasteiger partial charge is 0.329 e. The molecule has 544 valence electrons. The first kappa shape index (κ1) is 82.0. The molecule has 3 aromatic rings. The Morgan fingerprint density at radius 3 is 1.62 bits per heavy atom. The molecule has 0 aliphatic carbocycles. The third kappa shape index (κ3) is 21.8. The Morgan fingerprint density at radius 1 is 0.561 bits per heavy atom. The Labute approximate surface area is 577 Å². The number of aromatic amines is 1. The Kier molecular flexibility index (Phi) is 30.9. The lowest BCUT2D eigenvalue weighted by Crippen LogP contribution is -2.65. The number of hydrogen-bond acceptors (Lipinski definition) is 15. The van der Waals surface area contributed by atoms with Crippen molar-refractivity contribution in [1.29, 1.82) is 0 Å². The number of esters is 1. The summed E-state index contributed by atoms with van der Waals surface area (Å²) < 4.78 is 6.07. The molecule has 27 nitrogen and oxygen atoms in total. The number of cyclic esters (lactones) is 1. The van der Waals surface area contributed by atoms with Gasteiger partial charge < -0.3 is 77.0 Å². The van der Waals surface area contributed by atoms with Gasteiger partial charge in [-0.1, -0.05) is 145 Å². The van der Waals surface area contributed by atoms with Gasteiger partial charge in [0.1, 0.15) is 66.5 Å². The lowest BCUT2D eigenvalue weighted by atomic mass is 9.96. The fraction of sp³-hybridized carbons (Fsp3) is 0.634. The van der Waals surface area contributed by atoms with E-state index in [1.807, 2.05) is 38.1 Å². The average Bonchev–Trinajstić information content (AvgIpc) is 1.36. The highest BCUT2D eigenvalue weighted by Gasteiger charge is 2.45. The normalized spacial score (nSPS) is 24.5. The van der Waals surface area contributed by atoms with Gasteiger partial charge in [-0.15, -0.1) is 0 Å². The second-order valence-corrected chi connectivity index (χ2v) is 28.5. The number of nitrogens with zero attached hydrogens (tertiary/aromatic N) is 4. The topological polar surface area (TPSA) is 359 Å². The molecule has 0 unspecified atom stereocenters. The first-order valence-corrected chi connectivity index (χ1v) is 34.1. The molecule has 0 saturated carbocycles. The molecule has 0 bridgehead atoms. The molecule has 0 radical (unpaired) electrons. The molecule has 11 amide bonds. The number of rotatable bonds is 18. The van der Waals surface area contributed by atoms with Crippen LogP contribution in [-0.2, 0) is 75.1 Å². The van der Waals surface area contributed by atoms with E-state index in [1.54, 1.807) is 127 Å². The minimum atomic E-state index is -1.89. The molecular formula is C71H111N13O14. The second-order valence-electron chi connectivity index (χ2n) is 28.5. The van der Waals surface area contributed by atoms with Gasteiger partial charge in [-0.2, -0.15) is 0 Å². The van der Waals surface area contributed by atoms with Crippen LogP contribution in [0.5, 0.6) is 0 Å². The SMILES string of the molecule is CN[C@H](C(=O)N[C@H](C(=O)N[C@@H]1C(=O)N(C)[C@@H]([C@@H](C)O)C(=O)N[C@@H](C(C)C)C(=O)N(C)[C@@H](CC(C)C)C(=O)N[C@@H](C(C)C)C(=O)N(C)CC(=O)N(C)[C@@H](Cc2c[nH]c3ccccc23)C(=O)N[C@@H](C(C)C)C(=O)N[C@@H](Cc2ccccc2)C(=O)N[C@@H](C(C)C)C(=O)O[C@@H]1C)C(C)C)C(C)C. The molecule has 2 heterocycles. The zero-order valence-corrected chi connectivity index (χ0v) is 61.2. The zero-order valence-electron chi connectivity index (χ0n) is 61.2. The molecule has 27 heteroatoms. The van der Waals surface area contributed by atoms with Crippen LogP contribution in [0.1, 0.15) is 128 Å². The highest BCUT2D eigenvalue weighted by Crippen LogP contribution is 2.24. The van der Waals surface area contributed by atoms with E-state index in [9.17, 15) is 53.1 Å². The molecule has 13 atom stereocenters. The Morgan fingerprint density at radius 2 is 1.08 bits per heavy atom. The Hall–Kier alpha value is -8.46.